The SMILES string of the molecule is COC(CN)COc1c(C)cccc1C. The molecule has 0 heterocycles. The van der Waals surface area contributed by atoms with E-state index in [0.717, 1.165) is 16.9 Å². The lowest BCUT2D eigenvalue weighted by molar-refractivity contribution is 0.0639. The van der Waals surface area contributed by atoms with Crippen LogP contribution in [0.25, 0.3) is 0 Å². The highest BCUT2D eigenvalue weighted by molar-refractivity contribution is 5.39. The maximum absolute atomic E-state index is 5.71. The minimum atomic E-state index is -0.0380. The highest BCUT2D eigenvalue weighted by atomic mass is 16.5. The minimum Gasteiger partial charge on any atom is -0.490 e. The Morgan fingerprint density at radius 3 is 2.33 bits per heavy atom. The normalized spacial score (nSPS) is 12.5. The number of para-hydroxylation sites is 1. The van der Waals surface area contributed by atoms with Gasteiger partial charge in [0.1, 0.15) is 18.5 Å². The molecule has 1 aromatic carbocycles. The van der Waals surface area contributed by atoms with Gasteiger partial charge in [-0.3, -0.25) is 0 Å². The molecule has 0 aromatic heterocycles. The molecule has 1 atom stereocenters. The Hall–Kier alpha value is -1.06. The molecule has 0 aliphatic carbocycles. The van der Waals surface area contributed by atoms with Gasteiger partial charge in [-0.25, -0.2) is 0 Å². The fraction of sp³-hybridized carbons (Fsp3) is 0.500. The lowest BCUT2D eigenvalue weighted by Gasteiger charge is -2.16. The maximum atomic E-state index is 5.71. The molecule has 0 aliphatic heterocycles. The fourth-order valence-electron chi connectivity index (χ4n) is 1.44. The highest BCUT2D eigenvalue weighted by Gasteiger charge is 2.08. The first-order chi connectivity index (χ1) is 7.19. The topological polar surface area (TPSA) is 44.5 Å². The molecule has 1 unspecified atom stereocenters. The van der Waals surface area contributed by atoms with Crippen LogP contribution in [0.4, 0.5) is 0 Å². The van der Waals surface area contributed by atoms with E-state index in [1.54, 1.807) is 7.11 Å². The van der Waals surface area contributed by atoms with E-state index in [4.69, 9.17) is 15.2 Å². The second kappa shape index (κ2) is 5.73. The largest absolute Gasteiger partial charge is 0.490 e. The molecule has 3 heteroatoms. The third kappa shape index (κ3) is 3.22. The van der Waals surface area contributed by atoms with Crippen molar-refractivity contribution in [1.29, 1.82) is 0 Å². The van der Waals surface area contributed by atoms with Gasteiger partial charge in [-0.05, 0) is 25.0 Å². The van der Waals surface area contributed by atoms with Gasteiger partial charge < -0.3 is 15.2 Å². The first kappa shape index (κ1) is 12.0. The van der Waals surface area contributed by atoms with Gasteiger partial charge in [0.2, 0.25) is 0 Å². The van der Waals surface area contributed by atoms with Gasteiger partial charge in [0.15, 0.2) is 0 Å². The van der Waals surface area contributed by atoms with Crippen LogP contribution >= 0.6 is 0 Å². The van der Waals surface area contributed by atoms with Crippen molar-refractivity contribution in [1.82, 2.24) is 0 Å². The summed E-state index contributed by atoms with van der Waals surface area (Å²) in [6.07, 6.45) is -0.0380. The molecule has 1 aromatic rings. The smallest absolute Gasteiger partial charge is 0.125 e. The van der Waals surface area contributed by atoms with Crippen LogP contribution in [0.2, 0.25) is 0 Å². The standard InChI is InChI=1S/C12H19NO2/c1-9-5-4-6-10(2)12(9)15-8-11(7-13)14-3/h4-6,11H,7-8,13H2,1-3H3. The van der Waals surface area contributed by atoms with Crippen molar-refractivity contribution in [3.05, 3.63) is 29.3 Å². The van der Waals surface area contributed by atoms with Crippen molar-refractivity contribution in [2.45, 2.75) is 20.0 Å². The summed E-state index contributed by atoms with van der Waals surface area (Å²) < 4.78 is 10.9. The van der Waals surface area contributed by atoms with Crippen LogP contribution in [-0.2, 0) is 4.74 Å². The lowest BCUT2D eigenvalue weighted by atomic mass is 10.1. The van der Waals surface area contributed by atoms with E-state index in [-0.39, 0.29) is 6.10 Å². The number of rotatable bonds is 5. The molecule has 0 spiro atoms. The maximum Gasteiger partial charge on any atom is 0.125 e. The van der Waals surface area contributed by atoms with Crippen LogP contribution in [0.1, 0.15) is 11.1 Å². The molecule has 84 valence electrons. The third-order valence-electron chi connectivity index (χ3n) is 2.42. The molecule has 0 amide bonds. The molecule has 3 nitrogen and oxygen atoms in total. The van der Waals surface area contributed by atoms with E-state index < -0.39 is 0 Å². The Bertz CT molecular complexity index is 288. The predicted molar refractivity (Wildman–Crippen MR) is 61.3 cm³/mol. The zero-order valence-electron chi connectivity index (χ0n) is 9.62. The Labute approximate surface area is 91.2 Å². The predicted octanol–water partition coefficient (Wildman–Crippen LogP) is 1.66. The molecule has 0 saturated carbocycles. The van der Waals surface area contributed by atoms with Gasteiger partial charge in [-0.1, -0.05) is 18.2 Å². The van der Waals surface area contributed by atoms with Crippen LogP contribution in [0.3, 0.4) is 0 Å². The van der Waals surface area contributed by atoms with E-state index in [1.165, 1.54) is 0 Å². The van der Waals surface area contributed by atoms with Gasteiger partial charge >= 0.3 is 0 Å². The Balaban J connectivity index is 2.64. The summed E-state index contributed by atoms with van der Waals surface area (Å²) in [6, 6.07) is 6.09. The number of benzene rings is 1. The first-order valence-electron chi connectivity index (χ1n) is 5.11. The van der Waals surface area contributed by atoms with E-state index >= 15 is 0 Å². The van der Waals surface area contributed by atoms with E-state index in [0.29, 0.717) is 13.2 Å². The number of hydrogen-bond acceptors (Lipinski definition) is 3. The van der Waals surface area contributed by atoms with Crippen LogP contribution < -0.4 is 10.5 Å². The van der Waals surface area contributed by atoms with Gasteiger partial charge in [0.05, 0.1) is 0 Å². The van der Waals surface area contributed by atoms with Crippen LogP contribution in [0, 0.1) is 13.8 Å². The van der Waals surface area contributed by atoms with Gasteiger partial charge in [-0.15, -0.1) is 0 Å². The molecule has 15 heavy (non-hydrogen) atoms. The van der Waals surface area contributed by atoms with Crippen LogP contribution in [-0.4, -0.2) is 26.4 Å². The number of methoxy groups -OCH3 is 1. The number of ether oxygens (including phenoxy) is 2. The molecule has 0 saturated heterocycles. The summed E-state index contributed by atoms with van der Waals surface area (Å²) in [5.41, 5.74) is 7.80. The van der Waals surface area contributed by atoms with E-state index in [1.807, 2.05) is 32.0 Å². The Morgan fingerprint density at radius 2 is 1.87 bits per heavy atom. The molecule has 0 bridgehead atoms. The molecule has 0 aliphatic rings. The molecular weight excluding hydrogens is 190 g/mol. The first-order valence-corrected chi connectivity index (χ1v) is 5.11. The Kier molecular flexibility index (Phi) is 4.59. The van der Waals surface area contributed by atoms with E-state index in [9.17, 15) is 0 Å². The fourth-order valence-corrected chi connectivity index (χ4v) is 1.44. The summed E-state index contributed by atoms with van der Waals surface area (Å²) in [4.78, 5) is 0. The molecule has 0 radical (unpaired) electrons. The quantitative estimate of drug-likeness (QED) is 0.802. The molecule has 2 N–H and O–H groups in total. The van der Waals surface area contributed by atoms with E-state index in [2.05, 4.69) is 0 Å². The van der Waals surface area contributed by atoms with Gasteiger partial charge in [0, 0.05) is 13.7 Å². The average molecular weight is 209 g/mol. The number of nitrogens with two attached hydrogens (primary N) is 1. The molecule has 1 rings (SSSR count). The molecular formula is C12H19NO2. The monoisotopic (exact) mass is 209 g/mol. The second-order valence-electron chi connectivity index (χ2n) is 3.63. The zero-order valence-corrected chi connectivity index (χ0v) is 9.62. The van der Waals surface area contributed by atoms with Crippen LogP contribution in [0.15, 0.2) is 18.2 Å². The summed E-state index contributed by atoms with van der Waals surface area (Å²) in [5, 5.41) is 0. The summed E-state index contributed by atoms with van der Waals surface area (Å²) in [7, 11) is 1.64. The lowest BCUT2D eigenvalue weighted by Crippen LogP contribution is -2.29. The van der Waals surface area contributed by atoms with Crippen molar-refractivity contribution < 1.29 is 9.47 Å². The summed E-state index contributed by atoms with van der Waals surface area (Å²) in [5.74, 6) is 0.938. The highest BCUT2D eigenvalue weighted by Crippen LogP contribution is 2.22. The van der Waals surface area contributed by atoms with Crippen molar-refractivity contribution in [2.24, 2.45) is 5.73 Å². The second-order valence-corrected chi connectivity index (χ2v) is 3.63. The third-order valence-corrected chi connectivity index (χ3v) is 2.42. The molecule has 0 fully saturated rings. The number of aryl methyl sites for hydroxylation is 2. The minimum absolute atomic E-state index is 0.0380. The number of hydrogen-bond donors (Lipinski definition) is 1. The average Bonchev–Trinajstić information content (AvgIpc) is 2.23. The van der Waals surface area contributed by atoms with Crippen molar-refractivity contribution in [2.75, 3.05) is 20.3 Å². The zero-order chi connectivity index (χ0) is 11.3. The van der Waals surface area contributed by atoms with Crippen molar-refractivity contribution >= 4 is 0 Å². The summed E-state index contributed by atoms with van der Waals surface area (Å²) >= 11 is 0. The van der Waals surface area contributed by atoms with Gasteiger partial charge in [-0.2, -0.15) is 0 Å². The summed E-state index contributed by atoms with van der Waals surface area (Å²) in [6.45, 7) is 5.04. The van der Waals surface area contributed by atoms with Gasteiger partial charge in [0.25, 0.3) is 0 Å². The van der Waals surface area contributed by atoms with Crippen molar-refractivity contribution in [3.63, 3.8) is 0 Å². The Morgan fingerprint density at radius 1 is 1.27 bits per heavy atom. The van der Waals surface area contributed by atoms with Crippen molar-refractivity contribution in [3.8, 4) is 5.75 Å². The van der Waals surface area contributed by atoms with Crippen LogP contribution in [0.5, 0.6) is 5.75 Å².